The van der Waals surface area contributed by atoms with Crippen molar-refractivity contribution in [1.82, 2.24) is 0 Å². The standard InChI is InChI=1S/C11H21ClO2S/c1-3-5-6-10(4-2)9-11(7-8-11)15(12,13)14/h10H,3-9H2,1-2H3. The Labute approximate surface area is 97.8 Å². The molecule has 0 aromatic rings. The number of rotatable bonds is 7. The van der Waals surface area contributed by atoms with Crippen LogP contribution in [0.2, 0.25) is 0 Å². The van der Waals surface area contributed by atoms with Crippen molar-refractivity contribution in [2.75, 3.05) is 0 Å². The van der Waals surface area contributed by atoms with E-state index >= 15 is 0 Å². The van der Waals surface area contributed by atoms with Gasteiger partial charge in [0.15, 0.2) is 0 Å². The molecule has 0 bridgehead atoms. The second-order valence-corrected chi connectivity index (χ2v) is 7.70. The van der Waals surface area contributed by atoms with E-state index in [0.717, 1.165) is 32.1 Å². The highest BCUT2D eigenvalue weighted by Crippen LogP contribution is 2.51. The molecule has 1 unspecified atom stereocenters. The van der Waals surface area contributed by atoms with Crippen LogP contribution < -0.4 is 0 Å². The second-order valence-electron chi connectivity index (χ2n) is 4.74. The van der Waals surface area contributed by atoms with Crippen LogP contribution in [0.15, 0.2) is 0 Å². The number of hydrogen-bond acceptors (Lipinski definition) is 2. The number of unbranched alkanes of at least 4 members (excludes halogenated alkanes) is 1. The van der Waals surface area contributed by atoms with E-state index in [9.17, 15) is 8.42 Å². The SMILES string of the molecule is CCCCC(CC)CC1(S(=O)(=O)Cl)CC1. The van der Waals surface area contributed by atoms with Gasteiger partial charge < -0.3 is 0 Å². The summed E-state index contributed by atoms with van der Waals surface area (Å²) in [6.45, 7) is 4.30. The predicted molar refractivity (Wildman–Crippen MR) is 64.7 cm³/mol. The van der Waals surface area contributed by atoms with Crippen molar-refractivity contribution in [1.29, 1.82) is 0 Å². The molecule has 0 heterocycles. The number of halogens is 1. The lowest BCUT2D eigenvalue weighted by molar-refractivity contribution is 0.405. The van der Waals surface area contributed by atoms with Gasteiger partial charge in [0.05, 0.1) is 4.75 Å². The Bertz CT molecular complexity index is 294. The van der Waals surface area contributed by atoms with Crippen molar-refractivity contribution >= 4 is 19.7 Å². The molecule has 90 valence electrons. The molecule has 0 aromatic carbocycles. The first kappa shape index (κ1) is 13.3. The Hall–Kier alpha value is 0.240. The van der Waals surface area contributed by atoms with Crippen LogP contribution in [0.5, 0.6) is 0 Å². The average molecular weight is 253 g/mol. The van der Waals surface area contributed by atoms with Gasteiger partial charge in [0.25, 0.3) is 0 Å². The van der Waals surface area contributed by atoms with Crippen LogP contribution in [0, 0.1) is 5.92 Å². The summed E-state index contributed by atoms with van der Waals surface area (Å²) in [7, 11) is 2.15. The molecular formula is C11H21ClO2S. The Morgan fingerprint density at radius 1 is 1.33 bits per heavy atom. The van der Waals surface area contributed by atoms with Crippen molar-refractivity contribution in [3.63, 3.8) is 0 Å². The highest BCUT2D eigenvalue weighted by Gasteiger charge is 2.54. The quantitative estimate of drug-likeness (QED) is 0.648. The zero-order chi connectivity index (χ0) is 11.5. The molecule has 0 radical (unpaired) electrons. The van der Waals surface area contributed by atoms with Crippen molar-refractivity contribution in [2.45, 2.75) is 63.5 Å². The normalized spacial score (nSPS) is 21.3. The molecule has 0 spiro atoms. The third-order valence-electron chi connectivity index (χ3n) is 3.53. The topological polar surface area (TPSA) is 34.1 Å². The molecule has 1 aliphatic carbocycles. The third-order valence-corrected chi connectivity index (χ3v) is 6.12. The highest BCUT2D eigenvalue weighted by molar-refractivity contribution is 8.15. The van der Waals surface area contributed by atoms with Gasteiger partial charge in [-0.05, 0) is 25.2 Å². The lowest BCUT2D eigenvalue weighted by Gasteiger charge is -2.19. The largest absolute Gasteiger partial charge is 0.238 e. The van der Waals surface area contributed by atoms with E-state index < -0.39 is 13.8 Å². The lowest BCUT2D eigenvalue weighted by Crippen LogP contribution is -2.22. The molecule has 0 N–H and O–H groups in total. The Morgan fingerprint density at radius 3 is 2.27 bits per heavy atom. The Balaban J connectivity index is 2.52. The first-order chi connectivity index (χ1) is 6.95. The van der Waals surface area contributed by atoms with Crippen LogP contribution in [0.1, 0.15) is 58.8 Å². The minimum Gasteiger partial charge on any atom is -0.212 e. The van der Waals surface area contributed by atoms with Crippen LogP contribution in [-0.4, -0.2) is 13.2 Å². The van der Waals surface area contributed by atoms with E-state index in [2.05, 4.69) is 13.8 Å². The van der Waals surface area contributed by atoms with E-state index in [1.807, 2.05) is 0 Å². The first-order valence-electron chi connectivity index (χ1n) is 5.89. The van der Waals surface area contributed by atoms with Gasteiger partial charge in [-0.1, -0.05) is 39.5 Å². The summed E-state index contributed by atoms with van der Waals surface area (Å²) in [6.07, 6.45) is 6.88. The molecule has 1 atom stereocenters. The van der Waals surface area contributed by atoms with E-state index in [4.69, 9.17) is 10.7 Å². The highest BCUT2D eigenvalue weighted by atomic mass is 35.7. The molecule has 0 aromatic heterocycles. The molecule has 1 aliphatic rings. The summed E-state index contributed by atoms with van der Waals surface area (Å²) in [6, 6.07) is 0. The zero-order valence-corrected chi connectivity index (χ0v) is 11.2. The maximum absolute atomic E-state index is 11.4. The molecule has 0 saturated heterocycles. The van der Waals surface area contributed by atoms with Gasteiger partial charge in [0, 0.05) is 10.7 Å². The minimum absolute atomic E-state index is 0.529. The Kier molecular flexibility index (Phi) is 4.48. The van der Waals surface area contributed by atoms with Crippen LogP contribution in [-0.2, 0) is 9.05 Å². The van der Waals surface area contributed by atoms with Gasteiger partial charge in [-0.15, -0.1) is 0 Å². The molecule has 0 amide bonds. The smallest absolute Gasteiger partial charge is 0.212 e. The van der Waals surface area contributed by atoms with Gasteiger partial charge in [-0.2, -0.15) is 0 Å². The summed E-state index contributed by atoms with van der Waals surface area (Å²) in [5.41, 5.74) is 0. The molecule has 1 rings (SSSR count). The van der Waals surface area contributed by atoms with Gasteiger partial charge in [0.1, 0.15) is 0 Å². The van der Waals surface area contributed by atoms with E-state index in [1.165, 1.54) is 12.8 Å². The molecule has 0 aliphatic heterocycles. The molecule has 2 nitrogen and oxygen atoms in total. The summed E-state index contributed by atoms with van der Waals surface area (Å²) < 4.78 is 22.3. The van der Waals surface area contributed by atoms with E-state index in [-0.39, 0.29) is 0 Å². The van der Waals surface area contributed by atoms with Crippen LogP contribution >= 0.6 is 10.7 Å². The van der Waals surface area contributed by atoms with Gasteiger partial charge in [0.2, 0.25) is 9.05 Å². The summed E-state index contributed by atoms with van der Waals surface area (Å²) in [5.74, 6) is 0.529. The molecule has 15 heavy (non-hydrogen) atoms. The fourth-order valence-corrected chi connectivity index (χ4v) is 3.83. The number of hydrogen-bond donors (Lipinski definition) is 0. The summed E-state index contributed by atoms with van der Waals surface area (Å²) in [5, 5.41) is 0. The maximum Gasteiger partial charge on any atom is 0.238 e. The third kappa shape index (κ3) is 3.35. The van der Waals surface area contributed by atoms with Gasteiger partial charge in [-0.3, -0.25) is 0 Å². The molecule has 4 heteroatoms. The molecule has 1 fully saturated rings. The lowest BCUT2D eigenvalue weighted by atomic mass is 9.93. The van der Waals surface area contributed by atoms with Crippen molar-refractivity contribution in [3.05, 3.63) is 0 Å². The van der Waals surface area contributed by atoms with Crippen molar-refractivity contribution < 1.29 is 8.42 Å². The van der Waals surface area contributed by atoms with E-state index in [1.54, 1.807) is 0 Å². The van der Waals surface area contributed by atoms with Gasteiger partial charge >= 0.3 is 0 Å². The van der Waals surface area contributed by atoms with Crippen LogP contribution in [0.4, 0.5) is 0 Å². The first-order valence-corrected chi connectivity index (χ1v) is 8.20. The van der Waals surface area contributed by atoms with E-state index in [0.29, 0.717) is 5.92 Å². The predicted octanol–water partition coefficient (Wildman–Crippen LogP) is 3.69. The monoisotopic (exact) mass is 252 g/mol. The van der Waals surface area contributed by atoms with Crippen LogP contribution in [0.25, 0.3) is 0 Å². The second kappa shape index (κ2) is 5.05. The summed E-state index contributed by atoms with van der Waals surface area (Å²) >= 11 is 0. The Morgan fingerprint density at radius 2 is 1.93 bits per heavy atom. The average Bonchev–Trinajstić information content (AvgIpc) is 2.92. The maximum atomic E-state index is 11.4. The van der Waals surface area contributed by atoms with Crippen LogP contribution in [0.3, 0.4) is 0 Å². The van der Waals surface area contributed by atoms with Gasteiger partial charge in [-0.25, -0.2) is 8.42 Å². The molecular weight excluding hydrogens is 232 g/mol. The fourth-order valence-electron chi connectivity index (χ4n) is 2.16. The minimum atomic E-state index is -3.35. The molecule has 1 saturated carbocycles. The summed E-state index contributed by atoms with van der Waals surface area (Å²) in [4.78, 5) is 0. The van der Waals surface area contributed by atoms with Crippen molar-refractivity contribution in [2.24, 2.45) is 5.92 Å². The fraction of sp³-hybridized carbons (Fsp3) is 1.00. The zero-order valence-electron chi connectivity index (χ0n) is 9.63. The van der Waals surface area contributed by atoms with Crippen molar-refractivity contribution in [3.8, 4) is 0 Å².